The molecule has 5 heteroatoms. The van der Waals surface area contributed by atoms with Crippen molar-refractivity contribution in [3.63, 3.8) is 0 Å². The molecule has 0 aliphatic carbocycles. The minimum absolute atomic E-state index is 0.0222. The van der Waals surface area contributed by atoms with Gasteiger partial charge in [-0.25, -0.2) is 4.98 Å². The Hall–Kier alpha value is -2.53. The van der Waals surface area contributed by atoms with Crippen LogP contribution in [-0.4, -0.2) is 27.3 Å². The second-order valence-electron chi connectivity index (χ2n) is 6.34. The van der Waals surface area contributed by atoms with Gasteiger partial charge in [0.15, 0.2) is 0 Å². The first-order valence-corrected chi connectivity index (χ1v) is 9.34. The molecule has 126 valence electrons. The molecule has 1 aromatic carbocycles. The van der Waals surface area contributed by atoms with Crippen LogP contribution in [0.15, 0.2) is 54.2 Å². The number of benzene rings is 1. The van der Waals surface area contributed by atoms with Crippen molar-refractivity contribution in [1.29, 1.82) is 0 Å². The van der Waals surface area contributed by atoms with Crippen molar-refractivity contribution in [1.82, 2.24) is 14.9 Å². The van der Waals surface area contributed by atoms with E-state index in [-0.39, 0.29) is 11.9 Å². The van der Waals surface area contributed by atoms with Gasteiger partial charge in [0.1, 0.15) is 10.7 Å². The van der Waals surface area contributed by atoms with Gasteiger partial charge >= 0.3 is 0 Å². The number of thiazole rings is 1. The monoisotopic (exact) mass is 349 g/mol. The van der Waals surface area contributed by atoms with E-state index in [2.05, 4.69) is 41.2 Å². The second-order valence-corrected chi connectivity index (χ2v) is 7.20. The van der Waals surface area contributed by atoms with Crippen molar-refractivity contribution in [2.75, 3.05) is 6.54 Å². The van der Waals surface area contributed by atoms with Crippen molar-refractivity contribution in [2.45, 2.75) is 25.8 Å². The minimum atomic E-state index is 0.0222. The lowest BCUT2D eigenvalue weighted by Gasteiger charge is -2.24. The Labute approximate surface area is 151 Å². The highest BCUT2D eigenvalue weighted by Gasteiger charge is 2.31. The van der Waals surface area contributed by atoms with E-state index >= 15 is 0 Å². The van der Waals surface area contributed by atoms with Gasteiger partial charge in [-0.1, -0.05) is 29.8 Å². The Morgan fingerprint density at radius 2 is 1.92 bits per heavy atom. The third kappa shape index (κ3) is 3.20. The smallest absolute Gasteiger partial charge is 0.273 e. The lowest BCUT2D eigenvalue weighted by atomic mass is 10.1. The largest absolute Gasteiger partial charge is 0.330 e. The highest BCUT2D eigenvalue weighted by atomic mass is 32.1. The SMILES string of the molecule is Cc1ccc(-c2nc(C(=O)N3CCCC3c3ccncc3)cs2)cc1. The number of likely N-dealkylation sites (tertiary alicyclic amines) is 1. The molecule has 1 saturated heterocycles. The van der Waals surface area contributed by atoms with E-state index in [9.17, 15) is 4.79 Å². The summed E-state index contributed by atoms with van der Waals surface area (Å²) in [6.07, 6.45) is 5.59. The summed E-state index contributed by atoms with van der Waals surface area (Å²) in [6, 6.07) is 12.4. The summed E-state index contributed by atoms with van der Waals surface area (Å²) >= 11 is 1.52. The number of pyridine rings is 1. The molecule has 0 spiro atoms. The van der Waals surface area contributed by atoms with Gasteiger partial charge in [-0.15, -0.1) is 11.3 Å². The van der Waals surface area contributed by atoms with Gasteiger partial charge < -0.3 is 4.90 Å². The zero-order chi connectivity index (χ0) is 17.2. The van der Waals surface area contributed by atoms with Gasteiger partial charge in [-0.05, 0) is 37.5 Å². The Balaban J connectivity index is 1.58. The van der Waals surface area contributed by atoms with Crippen molar-refractivity contribution in [2.24, 2.45) is 0 Å². The van der Waals surface area contributed by atoms with Crippen LogP contribution in [0.25, 0.3) is 10.6 Å². The molecular weight excluding hydrogens is 330 g/mol. The molecule has 1 atom stereocenters. The minimum Gasteiger partial charge on any atom is -0.330 e. The van der Waals surface area contributed by atoms with Crippen LogP contribution in [0.4, 0.5) is 0 Å². The van der Waals surface area contributed by atoms with Gasteiger partial charge in [0.25, 0.3) is 5.91 Å². The first-order chi connectivity index (χ1) is 12.2. The molecule has 1 aliphatic rings. The van der Waals surface area contributed by atoms with Crippen LogP contribution < -0.4 is 0 Å². The fourth-order valence-electron chi connectivity index (χ4n) is 3.29. The molecule has 3 aromatic rings. The van der Waals surface area contributed by atoms with E-state index in [1.165, 1.54) is 16.9 Å². The zero-order valence-corrected chi connectivity index (χ0v) is 14.9. The molecule has 1 fully saturated rings. The standard InChI is InChI=1S/C20H19N3OS/c1-14-4-6-16(7-5-14)19-22-17(13-25-19)20(24)23-12-2-3-18(23)15-8-10-21-11-9-15/h4-11,13,18H,2-3,12H2,1H3. The fourth-order valence-corrected chi connectivity index (χ4v) is 4.09. The predicted octanol–water partition coefficient (Wildman–Crippen LogP) is 4.49. The number of aromatic nitrogens is 2. The summed E-state index contributed by atoms with van der Waals surface area (Å²) in [5, 5.41) is 2.77. The van der Waals surface area contributed by atoms with E-state index in [4.69, 9.17) is 0 Å². The maximum Gasteiger partial charge on any atom is 0.273 e. The fraction of sp³-hybridized carbons (Fsp3) is 0.250. The van der Waals surface area contributed by atoms with Crippen molar-refractivity contribution >= 4 is 17.2 Å². The average molecular weight is 349 g/mol. The topological polar surface area (TPSA) is 46.1 Å². The van der Waals surface area contributed by atoms with Crippen LogP contribution in [0, 0.1) is 6.92 Å². The van der Waals surface area contributed by atoms with Crippen molar-refractivity contribution in [3.05, 3.63) is 71.0 Å². The quantitative estimate of drug-likeness (QED) is 0.700. The molecular formula is C20H19N3OS. The number of amides is 1. The predicted molar refractivity (Wildman–Crippen MR) is 99.5 cm³/mol. The summed E-state index contributed by atoms with van der Waals surface area (Å²) in [6.45, 7) is 2.84. The van der Waals surface area contributed by atoms with E-state index in [1.54, 1.807) is 12.4 Å². The molecule has 0 N–H and O–H groups in total. The first-order valence-electron chi connectivity index (χ1n) is 8.46. The Morgan fingerprint density at radius 1 is 1.16 bits per heavy atom. The molecule has 2 aromatic heterocycles. The third-order valence-corrected chi connectivity index (χ3v) is 5.52. The summed E-state index contributed by atoms with van der Waals surface area (Å²) in [7, 11) is 0. The first kappa shape index (κ1) is 16.0. The average Bonchev–Trinajstić information content (AvgIpc) is 3.32. The molecule has 1 aliphatic heterocycles. The zero-order valence-electron chi connectivity index (χ0n) is 14.1. The number of hydrogen-bond donors (Lipinski definition) is 0. The summed E-state index contributed by atoms with van der Waals surface area (Å²) in [5.41, 5.74) is 3.96. The van der Waals surface area contributed by atoms with Crippen molar-refractivity contribution < 1.29 is 4.79 Å². The van der Waals surface area contributed by atoms with Crippen LogP contribution in [0.3, 0.4) is 0 Å². The number of carbonyl (C=O) groups excluding carboxylic acids is 1. The number of hydrogen-bond acceptors (Lipinski definition) is 4. The summed E-state index contributed by atoms with van der Waals surface area (Å²) < 4.78 is 0. The number of nitrogens with zero attached hydrogens (tertiary/aromatic N) is 3. The second kappa shape index (κ2) is 6.76. The van der Waals surface area contributed by atoms with E-state index in [0.717, 1.165) is 35.5 Å². The molecule has 25 heavy (non-hydrogen) atoms. The van der Waals surface area contributed by atoms with Crippen molar-refractivity contribution in [3.8, 4) is 10.6 Å². The molecule has 0 bridgehead atoms. The maximum atomic E-state index is 13.0. The molecule has 3 heterocycles. The number of aryl methyl sites for hydroxylation is 1. The number of rotatable bonds is 3. The van der Waals surface area contributed by atoms with E-state index in [1.807, 2.05) is 22.4 Å². The van der Waals surface area contributed by atoms with Gasteiger partial charge in [0, 0.05) is 29.9 Å². The summed E-state index contributed by atoms with van der Waals surface area (Å²) in [5.74, 6) is 0.0222. The van der Waals surface area contributed by atoms with Crippen LogP contribution in [-0.2, 0) is 0 Å². The molecule has 1 unspecified atom stereocenters. The van der Waals surface area contributed by atoms with Crippen LogP contribution >= 0.6 is 11.3 Å². The molecule has 4 nitrogen and oxygen atoms in total. The van der Waals surface area contributed by atoms with Gasteiger partial charge in [0.05, 0.1) is 6.04 Å². The normalized spacial score (nSPS) is 17.0. The molecule has 1 amide bonds. The van der Waals surface area contributed by atoms with E-state index < -0.39 is 0 Å². The Bertz CT molecular complexity index is 873. The van der Waals surface area contributed by atoms with Gasteiger partial charge in [-0.2, -0.15) is 0 Å². The molecule has 0 radical (unpaired) electrons. The van der Waals surface area contributed by atoms with Crippen LogP contribution in [0.2, 0.25) is 0 Å². The maximum absolute atomic E-state index is 13.0. The highest BCUT2D eigenvalue weighted by molar-refractivity contribution is 7.13. The molecule has 4 rings (SSSR count). The Morgan fingerprint density at radius 3 is 2.68 bits per heavy atom. The molecule has 0 saturated carbocycles. The summed E-state index contributed by atoms with van der Waals surface area (Å²) in [4.78, 5) is 23.6. The number of carbonyl (C=O) groups is 1. The highest BCUT2D eigenvalue weighted by Crippen LogP contribution is 2.33. The van der Waals surface area contributed by atoms with Gasteiger partial charge in [-0.3, -0.25) is 9.78 Å². The van der Waals surface area contributed by atoms with Gasteiger partial charge in [0.2, 0.25) is 0 Å². The van der Waals surface area contributed by atoms with Crippen LogP contribution in [0.5, 0.6) is 0 Å². The third-order valence-electron chi connectivity index (χ3n) is 4.63. The Kier molecular flexibility index (Phi) is 4.32. The van der Waals surface area contributed by atoms with E-state index in [0.29, 0.717) is 5.69 Å². The lowest BCUT2D eigenvalue weighted by Crippen LogP contribution is -2.30. The lowest BCUT2D eigenvalue weighted by molar-refractivity contribution is 0.0730. The van der Waals surface area contributed by atoms with Crippen LogP contribution in [0.1, 0.15) is 40.5 Å².